The predicted octanol–water partition coefficient (Wildman–Crippen LogP) is 4.70. The molecule has 0 saturated carbocycles. The van der Waals surface area contributed by atoms with Crippen molar-refractivity contribution >= 4 is 44.5 Å². The fourth-order valence-electron chi connectivity index (χ4n) is 4.00. The van der Waals surface area contributed by atoms with Gasteiger partial charge in [0.15, 0.2) is 11.3 Å². The van der Waals surface area contributed by atoms with Crippen molar-refractivity contribution in [3.05, 3.63) is 99.0 Å². The van der Waals surface area contributed by atoms with Crippen molar-refractivity contribution in [1.29, 1.82) is 0 Å². The number of hydrogen-bond donors (Lipinski definition) is 1. The van der Waals surface area contributed by atoms with Crippen LogP contribution in [0.3, 0.4) is 0 Å². The van der Waals surface area contributed by atoms with E-state index >= 15 is 0 Å². The third-order valence-corrected chi connectivity index (χ3v) is 7.18. The Hall–Kier alpha value is -3.10. The smallest absolute Gasteiger partial charge is 0.276 e. The minimum atomic E-state index is -0.545. The summed E-state index contributed by atoms with van der Waals surface area (Å²) in [7, 11) is 0. The van der Waals surface area contributed by atoms with E-state index in [-0.39, 0.29) is 5.91 Å². The quantitative estimate of drug-likeness (QED) is 0.434. The molecule has 0 saturated heterocycles. The highest BCUT2D eigenvalue weighted by Gasteiger charge is 2.35. The average Bonchev–Trinajstić information content (AvgIpc) is 2.88. The summed E-state index contributed by atoms with van der Waals surface area (Å²) in [5, 5.41) is 11.7. The van der Waals surface area contributed by atoms with Gasteiger partial charge in [-0.25, -0.2) is 5.01 Å². The summed E-state index contributed by atoms with van der Waals surface area (Å²) in [4.78, 5) is 18.3. The fraction of sp³-hybridized carbons (Fsp3) is 0.222. The number of para-hydroxylation sites is 1. The molecule has 0 radical (unpaired) electrons. The Labute approximate surface area is 216 Å². The number of amidine groups is 1. The second-order valence-electron chi connectivity index (χ2n) is 8.23. The third kappa shape index (κ3) is 5.13. The van der Waals surface area contributed by atoms with Gasteiger partial charge in [0.1, 0.15) is 18.1 Å². The summed E-state index contributed by atoms with van der Waals surface area (Å²) in [5.74, 6) is 1.42. The van der Waals surface area contributed by atoms with Crippen molar-refractivity contribution in [2.24, 2.45) is 10.1 Å². The molecule has 1 atom stereocenters. The van der Waals surface area contributed by atoms with Gasteiger partial charge in [0.05, 0.1) is 5.36 Å². The molecule has 0 fully saturated rings. The van der Waals surface area contributed by atoms with E-state index in [4.69, 9.17) is 14.8 Å². The van der Waals surface area contributed by atoms with E-state index in [1.165, 1.54) is 0 Å². The molecule has 0 aromatic heterocycles. The number of carbonyl (C=O) groups is 1. The van der Waals surface area contributed by atoms with Gasteiger partial charge in [-0.15, -0.1) is 5.10 Å². The first-order valence-electron chi connectivity index (χ1n) is 11.6. The summed E-state index contributed by atoms with van der Waals surface area (Å²) in [6.07, 6.45) is 1.59. The van der Waals surface area contributed by atoms with Crippen LogP contribution in [-0.2, 0) is 11.4 Å². The standard InChI is InChI=1S/C27H25BrN4O2S/c1-2-3-15-35-27-30-26(33)24-20-11-7-8-12-22(20)29-25(32(24)31-27)21-16-19(28)13-14-23(21)34-17-18-9-5-4-6-10-18/h4-14,16,25H,2-3,15,17H2,1H3,(H,30,31,33)/t25-/m0/s1. The molecule has 2 aliphatic heterocycles. The topological polar surface area (TPSA) is 66.3 Å². The van der Waals surface area contributed by atoms with Gasteiger partial charge in [-0.3, -0.25) is 15.1 Å². The first-order chi connectivity index (χ1) is 17.1. The van der Waals surface area contributed by atoms with Crippen molar-refractivity contribution in [2.45, 2.75) is 32.5 Å². The van der Waals surface area contributed by atoms with Crippen LogP contribution in [0.25, 0.3) is 5.70 Å². The second-order valence-corrected chi connectivity index (χ2v) is 10.2. The zero-order valence-corrected chi connectivity index (χ0v) is 21.7. The molecule has 8 heteroatoms. The minimum Gasteiger partial charge on any atom is -0.488 e. The van der Waals surface area contributed by atoms with Gasteiger partial charge in [0.25, 0.3) is 5.91 Å². The lowest BCUT2D eigenvalue weighted by molar-refractivity contribution is -0.116. The number of nitrogens with zero attached hydrogens (tertiary/aromatic N) is 3. The molecule has 2 aliphatic rings. The summed E-state index contributed by atoms with van der Waals surface area (Å²) < 4.78 is 7.16. The Bertz CT molecular complexity index is 1390. The van der Waals surface area contributed by atoms with Crippen molar-refractivity contribution in [3.8, 4) is 5.75 Å². The van der Waals surface area contributed by atoms with Gasteiger partial charge in [-0.1, -0.05) is 89.6 Å². The van der Waals surface area contributed by atoms with Gasteiger partial charge >= 0.3 is 0 Å². The van der Waals surface area contributed by atoms with Gasteiger partial charge in [0, 0.05) is 21.0 Å². The summed E-state index contributed by atoms with van der Waals surface area (Å²) in [6.45, 7) is 2.58. The number of rotatable bonds is 7. The largest absolute Gasteiger partial charge is 0.488 e. The molecule has 2 heterocycles. The highest BCUT2D eigenvalue weighted by atomic mass is 79.9. The van der Waals surface area contributed by atoms with Crippen LogP contribution in [0.5, 0.6) is 5.75 Å². The second kappa shape index (κ2) is 10.7. The lowest BCUT2D eigenvalue weighted by Crippen LogP contribution is -2.50. The lowest BCUT2D eigenvalue weighted by Gasteiger charge is -2.34. The molecule has 3 aromatic rings. The number of thioether (sulfide) groups is 1. The number of fused-ring (bicyclic) bond motifs is 2. The molecule has 5 rings (SSSR count). The SMILES string of the molecule is CCCCSC1=NN2C(=c3ccccc3=N[C@@H]2c2cc(Br)ccc2OCc2ccccc2)C(=O)N1. The molecular weight excluding hydrogens is 524 g/mol. The number of benzene rings is 3. The number of unbranched alkanes of at least 4 members (excludes halogenated alkanes) is 1. The molecular formula is C27H25BrN4O2S. The molecule has 6 nitrogen and oxygen atoms in total. The van der Waals surface area contributed by atoms with E-state index in [1.54, 1.807) is 16.8 Å². The van der Waals surface area contributed by atoms with Crippen molar-refractivity contribution < 1.29 is 9.53 Å². The van der Waals surface area contributed by atoms with Gasteiger partial charge in [0.2, 0.25) is 0 Å². The van der Waals surface area contributed by atoms with Crippen LogP contribution < -0.4 is 20.6 Å². The van der Waals surface area contributed by atoms with Gasteiger partial charge in [-0.2, -0.15) is 0 Å². The Kier molecular flexibility index (Phi) is 7.20. The lowest BCUT2D eigenvalue weighted by atomic mass is 10.1. The molecule has 0 unspecified atom stereocenters. The highest BCUT2D eigenvalue weighted by Crippen LogP contribution is 2.37. The van der Waals surface area contributed by atoms with E-state index in [1.807, 2.05) is 72.8 Å². The minimum absolute atomic E-state index is 0.173. The summed E-state index contributed by atoms with van der Waals surface area (Å²) in [5.41, 5.74) is 2.40. The molecule has 0 bridgehead atoms. The first kappa shape index (κ1) is 23.6. The number of amides is 1. The Morgan fingerprint density at radius 3 is 2.71 bits per heavy atom. The van der Waals surface area contributed by atoms with E-state index in [9.17, 15) is 4.79 Å². The number of carbonyl (C=O) groups excluding carboxylic acids is 1. The number of halogens is 1. The van der Waals surface area contributed by atoms with E-state index in [0.717, 1.165) is 44.8 Å². The number of nitrogens with one attached hydrogen (secondary N) is 1. The maximum absolute atomic E-state index is 13.3. The van der Waals surface area contributed by atoms with E-state index in [2.05, 4.69) is 28.2 Å². The first-order valence-corrected chi connectivity index (χ1v) is 13.4. The van der Waals surface area contributed by atoms with Crippen LogP contribution in [0.1, 0.15) is 37.1 Å². The molecule has 0 spiro atoms. The van der Waals surface area contributed by atoms with Gasteiger partial charge < -0.3 is 4.74 Å². The monoisotopic (exact) mass is 548 g/mol. The maximum atomic E-state index is 13.3. The van der Waals surface area contributed by atoms with Crippen LogP contribution in [-0.4, -0.2) is 21.8 Å². The summed E-state index contributed by atoms with van der Waals surface area (Å²) in [6, 6.07) is 23.6. The van der Waals surface area contributed by atoms with Crippen molar-refractivity contribution in [1.82, 2.24) is 10.3 Å². The fourth-order valence-corrected chi connectivity index (χ4v) is 5.31. The van der Waals surface area contributed by atoms with Gasteiger partial charge in [-0.05, 0) is 36.2 Å². The van der Waals surface area contributed by atoms with E-state index in [0.29, 0.717) is 23.2 Å². The Morgan fingerprint density at radius 2 is 1.89 bits per heavy atom. The Morgan fingerprint density at radius 1 is 1.09 bits per heavy atom. The predicted molar refractivity (Wildman–Crippen MR) is 143 cm³/mol. The van der Waals surface area contributed by atoms with Crippen molar-refractivity contribution in [2.75, 3.05) is 5.75 Å². The number of ether oxygens (including phenoxy) is 1. The molecule has 1 amide bonds. The molecule has 178 valence electrons. The van der Waals surface area contributed by atoms with Crippen LogP contribution in [0.4, 0.5) is 0 Å². The number of hydrazone groups is 1. The maximum Gasteiger partial charge on any atom is 0.276 e. The summed E-state index contributed by atoms with van der Waals surface area (Å²) >= 11 is 5.16. The molecule has 0 aliphatic carbocycles. The van der Waals surface area contributed by atoms with Crippen LogP contribution >= 0.6 is 27.7 Å². The van der Waals surface area contributed by atoms with E-state index < -0.39 is 6.17 Å². The number of hydrogen-bond acceptors (Lipinski definition) is 6. The Balaban J connectivity index is 1.58. The average molecular weight is 549 g/mol. The third-order valence-electron chi connectivity index (χ3n) is 5.74. The van der Waals surface area contributed by atoms with Crippen molar-refractivity contribution in [3.63, 3.8) is 0 Å². The molecule has 1 N–H and O–H groups in total. The highest BCUT2D eigenvalue weighted by molar-refractivity contribution is 9.10. The zero-order chi connectivity index (χ0) is 24.2. The van der Waals surface area contributed by atoms with Crippen LogP contribution in [0.2, 0.25) is 0 Å². The van der Waals surface area contributed by atoms with Crippen LogP contribution in [0.15, 0.2) is 87.4 Å². The normalized spacial score (nSPS) is 16.6. The zero-order valence-electron chi connectivity index (χ0n) is 19.3. The molecule has 35 heavy (non-hydrogen) atoms. The molecule has 3 aromatic carbocycles. The van der Waals surface area contributed by atoms with Crippen LogP contribution in [0, 0.1) is 0 Å².